The predicted molar refractivity (Wildman–Crippen MR) is 27.8 cm³/mol. The van der Waals surface area contributed by atoms with E-state index < -0.39 is 0 Å². The average molecular weight is 99.1 g/mol. The Morgan fingerprint density at radius 2 is 2.57 bits per heavy atom. The number of hydrazine groups is 2. The molecule has 1 heterocycles. The number of hydrogen-bond donors (Lipinski definition) is 2. The van der Waals surface area contributed by atoms with Crippen molar-refractivity contribution < 1.29 is 0 Å². The molecule has 0 unspecified atom stereocenters. The van der Waals surface area contributed by atoms with Gasteiger partial charge in [-0.2, -0.15) is 5.12 Å². The van der Waals surface area contributed by atoms with Crippen LogP contribution >= 0.6 is 0 Å². The summed E-state index contributed by atoms with van der Waals surface area (Å²) in [6.45, 7) is 0.899. The van der Waals surface area contributed by atoms with Gasteiger partial charge in [-0.25, -0.2) is 0 Å². The van der Waals surface area contributed by atoms with Crippen molar-refractivity contribution in [2.75, 3.05) is 6.54 Å². The smallest absolute Gasteiger partial charge is 0.0370 e. The highest BCUT2D eigenvalue weighted by atomic mass is 15.7. The van der Waals surface area contributed by atoms with Gasteiger partial charge in [-0.1, -0.05) is 6.08 Å². The molecule has 0 saturated heterocycles. The van der Waals surface area contributed by atoms with Gasteiger partial charge < -0.3 is 5.43 Å². The first-order valence-corrected chi connectivity index (χ1v) is 2.33. The summed E-state index contributed by atoms with van der Waals surface area (Å²) in [7, 11) is 0. The van der Waals surface area contributed by atoms with Crippen molar-refractivity contribution in [2.45, 2.75) is 6.42 Å². The highest BCUT2D eigenvalue weighted by Crippen LogP contribution is 1.87. The van der Waals surface area contributed by atoms with Crippen LogP contribution in [0.2, 0.25) is 0 Å². The first-order valence-electron chi connectivity index (χ1n) is 2.33. The van der Waals surface area contributed by atoms with Crippen LogP contribution in [0.25, 0.3) is 0 Å². The van der Waals surface area contributed by atoms with Crippen LogP contribution in [0.4, 0.5) is 0 Å². The lowest BCUT2D eigenvalue weighted by molar-refractivity contribution is 0.222. The zero-order valence-electron chi connectivity index (χ0n) is 4.09. The Labute approximate surface area is 42.7 Å². The molecule has 7 heavy (non-hydrogen) atoms. The van der Waals surface area contributed by atoms with Gasteiger partial charge in [0.2, 0.25) is 0 Å². The van der Waals surface area contributed by atoms with Gasteiger partial charge in [0.15, 0.2) is 0 Å². The molecule has 1 aliphatic heterocycles. The van der Waals surface area contributed by atoms with Gasteiger partial charge in [0, 0.05) is 12.7 Å². The lowest BCUT2D eigenvalue weighted by Gasteiger charge is -2.17. The third kappa shape index (κ3) is 1.17. The van der Waals surface area contributed by atoms with E-state index in [1.54, 1.807) is 5.12 Å². The molecule has 0 amide bonds. The van der Waals surface area contributed by atoms with Gasteiger partial charge in [0.25, 0.3) is 0 Å². The van der Waals surface area contributed by atoms with Crippen molar-refractivity contribution >= 4 is 0 Å². The van der Waals surface area contributed by atoms with Crippen molar-refractivity contribution in [2.24, 2.45) is 5.84 Å². The highest BCUT2D eigenvalue weighted by molar-refractivity contribution is 4.82. The van der Waals surface area contributed by atoms with Gasteiger partial charge >= 0.3 is 0 Å². The van der Waals surface area contributed by atoms with Crippen molar-refractivity contribution in [1.82, 2.24) is 10.5 Å². The topological polar surface area (TPSA) is 41.3 Å². The predicted octanol–water partition coefficient (Wildman–Crippen LogP) is -0.416. The van der Waals surface area contributed by atoms with Crippen LogP contribution in [0.1, 0.15) is 6.42 Å². The first-order chi connectivity index (χ1) is 3.39. The van der Waals surface area contributed by atoms with Gasteiger partial charge in [-0.05, 0) is 6.42 Å². The van der Waals surface area contributed by atoms with Crippen LogP contribution in [-0.2, 0) is 0 Å². The molecule has 0 saturated carbocycles. The minimum atomic E-state index is 0.899. The standard InChI is InChI=1S/C4H9N3/c5-7-4-2-1-3-6-7/h1,3,6H,2,4-5H2. The summed E-state index contributed by atoms with van der Waals surface area (Å²) in [5, 5.41) is 1.56. The molecule has 0 bridgehead atoms. The zero-order chi connectivity index (χ0) is 5.11. The first kappa shape index (κ1) is 4.61. The molecular formula is C4H9N3. The van der Waals surface area contributed by atoms with E-state index >= 15 is 0 Å². The van der Waals surface area contributed by atoms with Gasteiger partial charge in [-0.15, -0.1) is 0 Å². The van der Waals surface area contributed by atoms with Gasteiger partial charge in [0.05, 0.1) is 0 Å². The fourth-order valence-corrected chi connectivity index (χ4v) is 0.510. The molecular weight excluding hydrogens is 90.1 g/mol. The van der Waals surface area contributed by atoms with Crippen molar-refractivity contribution in [3.63, 3.8) is 0 Å². The lowest BCUT2D eigenvalue weighted by Crippen LogP contribution is -2.42. The Morgan fingerprint density at radius 3 is 2.86 bits per heavy atom. The third-order valence-corrected chi connectivity index (χ3v) is 0.895. The Bertz CT molecular complexity index is 79.0. The van der Waals surface area contributed by atoms with E-state index in [0.717, 1.165) is 13.0 Å². The second-order valence-corrected chi connectivity index (χ2v) is 1.51. The number of nitrogens with two attached hydrogens (primary N) is 1. The molecule has 1 aliphatic rings. The van der Waals surface area contributed by atoms with Crippen LogP contribution in [0, 0.1) is 0 Å². The second-order valence-electron chi connectivity index (χ2n) is 1.51. The Kier molecular flexibility index (Phi) is 1.29. The molecule has 0 aromatic carbocycles. The van der Waals surface area contributed by atoms with Crippen LogP contribution in [0.5, 0.6) is 0 Å². The lowest BCUT2D eigenvalue weighted by atomic mass is 10.4. The van der Waals surface area contributed by atoms with Crippen LogP contribution < -0.4 is 11.3 Å². The van der Waals surface area contributed by atoms with E-state index in [4.69, 9.17) is 5.84 Å². The number of nitrogens with one attached hydrogen (secondary N) is 1. The summed E-state index contributed by atoms with van der Waals surface area (Å²) in [5.74, 6) is 5.31. The molecule has 0 fully saturated rings. The number of nitrogens with zero attached hydrogens (tertiary/aromatic N) is 1. The zero-order valence-corrected chi connectivity index (χ0v) is 4.09. The molecule has 0 aromatic heterocycles. The van der Waals surface area contributed by atoms with E-state index in [1.165, 1.54) is 0 Å². The molecule has 3 N–H and O–H groups in total. The summed E-state index contributed by atoms with van der Waals surface area (Å²) in [6.07, 6.45) is 4.93. The highest BCUT2D eigenvalue weighted by Gasteiger charge is 1.94. The Balaban J connectivity index is 2.32. The molecule has 3 nitrogen and oxygen atoms in total. The summed E-state index contributed by atoms with van der Waals surface area (Å²) >= 11 is 0. The molecule has 0 aliphatic carbocycles. The fourth-order valence-electron chi connectivity index (χ4n) is 0.510. The Hall–Kier alpha value is -0.540. The Morgan fingerprint density at radius 1 is 1.71 bits per heavy atom. The number of hydrogen-bond acceptors (Lipinski definition) is 3. The van der Waals surface area contributed by atoms with E-state index in [2.05, 4.69) is 5.43 Å². The van der Waals surface area contributed by atoms with Crippen LogP contribution in [-0.4, -0.2) is 11.7 Å². The fraction of sp³-hybridized carbons (Fsp3) is 0.500. The van der Waals surface area contributed by atoms with Crippen molar-refractivity contribution in [3.05, 3.63) is 12.3 Å². The summed E-state index contributed by atoms with van der Waals surface area (Å²) in [4.78, 5) is 0. The average Bonchev–Trinajstić information content (AvgIpc) is 1.69. The van der Waals surface area contributed by atoms with E-state index in [0.29, 0.717) is 0 Å². The molecule has 0 aromatic rings. The number of rotatable bonds is 0. The molecule has 40 valence electrons. The summed E-state index contributed by atoms with van der Waals surface area (Å²) < 4.78 is 0. The minimum Gasteiger partial charge on any atom is -0.313 e. The van der Waals surface area contributed by atoms with Crippen molar-refractivity contribution in [1.29, 1.82) is 0 Å². The maximum atomic E-state index is 5.31. The molecule has 0 spiro atoms. The monoisotopic (exact) mass is 99.1 g/mol. The van der Waals surface area contributed by atoms with Crippen LogP contribution in [0.3, 0.4) is 0 Å². The van der Waals surface area contributed by atoms with E-state index in [1.807, 2.05) is 12.3 Å². The minimum absolute atomic E-state index is 0.899. The summed E-state index contributed by atoms with van der Waals surface area (Å²) in [6, 6.07) is 0. The molecule has 0 atom stereocenters. The van der Waals surface area contributed by atoms with Crippen molar-refractivity contribution in [3.8, 4) is 0 Å². The maximum absolute atomic E-state index is 5.31. The van der Waals surface area contributed by atoms with Gasteiger partial charge in [-0.3, -0.25) is 5.84 Å². The molecule has 3 heteroatoms. The summed E-state index contributed by atoms with van der Waals surface area (Å²) in [5.41, 5.74) is 2.81. The molecule has 0 radical (unpaired) electrons. The quantitative estimate of drug-likeness (QED) is 0.405. The third-order valence-electron chi connectivity index (χ3n) is 0.895. The van der Waals surface area contributed by atoms with E-state index in [9.17, 15) is 0 Å². The SMILES string of the molecule is NN1CCC=CN1. The van der Waals surface area contributed by atoms with Gasteiger partial charge in [0.1, 0.15) is 0 Å². The van der Waals surface area contributed by atoms with Crippen LogP contribution in [0.15, 0.2) is 12.3 Å². The maximum Gasteiger partial charge on any atom is 0.0370 e. The normalized spacial score (nSPS) is 21.9. The van der Waals surface area contributed by atoms with E-state index in [-0.39, 0.29) is 0 Å². The largest absolute Gasteiger partial charge is 0.313 e. The second kappa shape index (κ2) is 1.95. The molecule has 1 rings (SSSR count).